The number of hydrogen-bond acceptors (Lipinski definition) is 8. The Labute approximate surface area is 184 Å². The van der Waals surface area contributed by atoms with Crippen molar-refractivity contribution < 1.29 is 14.1 Å². The van der Waals surface area contributed by atoms with Crippen molar-refractivity contribution >= 4 is 17.3 Å². The topological polar surface area (TPSA) is 141 Å². The van der Waals surface area contributed by atoms with E-state index in [0.717, 1.165) is 5.56 Å². The number of allylic oxidation sites excluding steroid dienone is 2. The lowest BCUT2D eigenvalue weighted by molar-refractivity contribution is -0.118. The fourth-order valence-corrected chi connectivity index (χ4v) is 4.50. The molecule has 2 aromatic heterocycles. The molecule has 0 bridgehead atoms. The Morgan fingerprint density at radius 2 is 1.94 bits per heavy atom. The van der Waals surface area contributed by atoms with E-state index in [1.54, 1.807) is 6.07 Å². The van der Waals surface area contributed by atoms with E-state index in [0.29, 0.717) is 41.2 Å². The standard InChI is InChI=1S/C24H21N5O3/c1-24(2)9-15(30)19-17(10-24)31-23-20(21(26)13(11-25)22(27)28-23)18(19)14-8-16(32-29-14)12-6-4-3-5-7-12/h3-8,18H,9-10H2,1-2H3,(H4,26,27,28). The van der Waals surface area contributed by atoms with Gasteiger partial charge >= 0.3 is 0 Å². The first-order valence-electron chi connectivity index (χ1n) is 10.2. The van der Waals surface area contributed by atoms with E-state index in [4.69, 9.17) is 20.7 Å². The predicted octanol–water partition coefficient (Wildman–Crippen LogP) is 3.94. The van der Waals surface area contributed by atoms with Gasteiger partial charge in [0.2, 0.25) is 5.88 Å². The fraction of sp³-hybridized carbons (Fsp3) is 0.250. The molecule has 1 aliphatic carbocycles. The molecule has 8 nitrogen and oxygen atoms in total. The maximum absolute atomic E-state index is 13.3. The molecule has 3 heterocycles. The highest BCUT2D eigenvalue weighted by atomic mass is 16.5. The number of nitrogens with zero attached hydrogens (tertiary/aromatic N) is 3. The fourth-order valence-electron chi connectivity index (χ4n) is 4.50. The van der Waals surface area contributed by atoms with Gasteiger partial charge in [0.1, 0.15) is 23.2 Å². The molecular weight excluding hydrogens is 406 g/mol. The molecule has 8 heteroatoms. The molecule has 0 radical (unpaired) electrons. The smallest absolute Gasteiger partial charge is 0.227 e. The van der Waals surface area contributed by atoms with Crippen molar-refractivity contribution in [3.8, 4) is 23.3 Å². The van der Waals surface area contributed by atoms with Crippen LogP contribution in [0.4, 0.5) is 11.5 Å². The van der Waals surface area contributed by atoms with E-state index >= 15 is 0 Å². The zero-order valence-corrected chi connectivity index (χ0v) is 17.7. The van der Waals surface area contributed by atoms with Gasteiger partial charge in [0.05, 0.1) is 22.9 Å². The molecule has 1 unspecified atom stereocenters. The number of rotatable bonds is 2. The highest BCUT2D eigenvalue weighted by Crippen LogP contribution is 2.52. The monoisotopic (exact) mass is 427 g/mol. The van der Waals surface area contributed by atoms with Crippen molar-refractivity contribution in [2.75, 3.05) is 11.5 Å². The lowest BCUT2D eigenvalue weighted by atomic mass is 9.70. The first-order valence-corrected chi connectivity index (χ1v) is 10.2. The molecule has 1 aliphatic heterocycles. The van der Waals surface area contributed by atoms with Gasteiger partial charge in [-0.1, -0.05) is 49.3 Å². The van der Waals surface area contributed by atoms with Gasteiger partial charge in [0.25, 0.3) is 0 Å². The van der Waals surface area contributed by atoms with Crippen LogP contribution in [0.5, 0.6) is 5.88 Å². The van der Waals surface area contributed by atoms with E-state index in [9.17, 15) is 10.1 Å². The van der Waals surface area contributed by atoms with E-state index in [1.165, 1.54) is 0 Å². The number of hydrogen-bond donors (Lipinski definition) is 2. The second-order valence-corrected chi connectivity index (χ2v) is 8.91. The molecule has 160 valence electrons. The summed E-state index contributed by atoms with van der Waals surface area (Å²) in [6.07, 6.45) is 0.909. The SMILES string of the molecule is CC1(C)CC(=O)C2=C(C1)Oc1nc(N)c(C#N)c(N)c1C2c1cc(-c2ccccc2)on1. The van der Waals surface area contributed by atoms with Gasteiger partial charge < -0.3 is 20.7 Å². The van der Waals surface area contributed by atoms with Crippen LogP contribution in [-0.2, 0) is 4.79 Å². The van der Waals surface area contributed by atoms with E-state index in [1.807, 2.05) is 50.2 Å². The maximum atomic E-state index is 13.3. The zero-order valence-electron chi connectivity index (χ0n) is 17.7. The summed E-state index contributed by atoms with van der Waals surface area (Å²) in [4.78, 5) is 17.6. The molecule has 5 rings (SSSR count). The lowest BCUT2D eigenvalue weighted by Crippen LogP contribution is -2.33. The van der Waals surface area contributed by atoms with Crippen LogP contribution < -0.4 is 16.2 Å². The van der Waals surface area contributed by atoms with Crippen LogP contribution in [0, 0.1) is 16.7 Å². The Kier molecular flexibility index (Phi) is 4.31. The predicted molar refractivity (Wildman–Crippen MR) is 117 cm³/mol. The summed E-state index contributed by atoms with van der Waals surface area (Å²) in [7, 11) is 0. The van der Waals surface area contributed by atoms with Crippen molar-refractivity contribution in [2.45, 2.75) is 32.6 Å². The van der Waals surface area contributed by atoms with Gasteiger partial charge in [-0.05, 0) is 5.41 Å². The minimum absolute atomic E-state index is 0.0157. The number of nitrogens with two attached hydrogens (primary N) is 2. The van der Waals surface area contributed by atoms with Crippen LogP contribution >= 0.6 is 0 Å². The highest BCUT2D eigenvalue weighted by molar-refractivity contribution is 6.00. The summed E-state index contributed by atoms with van der Waals surface area (Å²) in [6.45, 7) is 4.03. The largest absolute Gasteiger partial charge is 0.442 e. The molecule has 0 fully saturated rings. The second kappa shape index (κ2) is 6.95. The number of carbonyl (C=O) groups excluding carboxylic acids is 1. The third-order valence-electron chi connectivity index (χ3n) is 5.94. The Morgan fingerprint density at radius 3 is 2.66 bits per heavy atom. The summed E-state index contributed by atoms with van der Waals surface area (Å²) in [5, 5.41) is 13.8. The molecule has 0 saturated carbocycles. The van der Waals surface area contributed by atoms with Gasteiger partial charge in [-0.2, -0.15) is 10.2 Å². The molecule has 4 N–H and O–H groups in total. The number of fused-ring (bicyclic) bond motifs is 1. The normalized spacial score (nSPS) is 19.0. The van der Waals surface area contributed by atoms with E-state index < -0.39 is 5.92 Å². The number of benzene rings is 1. The first-order chi connectivity index (χ1) is 15.3. The van der Waals surface area contributed by atoms with Gasteiger partial charge in [-0.25, -0.2) is 0 Å². The van der Waals surface area contributed by atoms with Crippen LogP contribution in [-0.4, -0.2) is 15.9 Å². The van der Waals surface area contributed by atoms with Gasteiger partial charge in [-0.3, -0.25) is 4.79 Å². The van der Waals surface area contributed by atoms with Gasteiger partial charge in [0, 0.05) is 30.0 Å². The molecule has 0 saturated heterocycles. The Morgan fingerprint density at radius 1 is 1.19 bits per heavy atom. The summed E-state index contributed by atoms with van der Waals surface area (Å²) >= 11 is 0. The number of ether oxygens (including phenoxy) is 1. The number of anilines is 2. The van der Waals surface area contributed by atoms with Crippen molar-refractivity contribution in [3.63, 3.8) is 0 Å². The van der Waals surface area contributed by atoms with Gasteiger partial charge in [-0.15, -0.1) is 0 Å². The van der Waals surface area contributed by atoms with Crippen LogP contribution in [0.25, 0.3) is 11.3 Å². The number of aromatic nitrogens is 2. The molecule has 32 heavy (non-hydrogen) atoms. The summed E-state index contributed by atoms with van der Waals surface area (Å²) in [6, 6.07) is 13.3. The number of pyridine rings is 1. The molecule has 1 atom stereocenters. The zero-order chi connectivity index (χ0) is 22.6. The molecule has 0 spiro atoms. The van der Waals surface area contributed by atoms with E-state index in [2.05, 4.69) is 10.1 Å². The Bertz CT molecular complexity index is 1330. The van der Waals surface area contributed by atoms with Crippen LogP contribution in [0.15, 0.2) is 52.3 Å². The summed E-state index contributed by atoms with van der Waals surface area (Å²) in [5.41, 5.74) is 14.5. The number of Topliss-reactive ketones (excluding diaryl/α,β-unsaturated/α-hetero) is 1. The number of nitriles is 1. The van der Waals surface area contributed by atoms with Crippen molar-refractivity contribution in [1.29, 1.82) is 5.26 Å². The molecule has 1 aromatic carbocycles. The minimum Gasteiger partial charge on any atom is -0.442 e. The summed E-state index contributed by atoms with van der Waals surface area (Å²) in [5.74, 6) is 0.547. The average molecular weight is 427 g/mol. The van der Waals surface area contributed by atoms with Crippen molar-refractivity contribution in [2.24, 2.45) is 5.41 Å². The summed E-state index contributed by atoms with van der Waals surface area (Å²) < 4.78 is 11.7. The van der Waals surface area contributed by atoms with Crippen LogP contribution in [0.3, 0.4) is 0 Å². The number of ketones is 1. The van der Waals surface area contributed by atoms with Crippen molar-refractivity contribution in [1.82, 2.24) is 10.1 Å². The molecule has 3 aromatic rings. The minimum atomic E-state index is -0.668. The second-order valence-electron chi connectivity index (χ2n) is 8.91. The van der Waals surface area contributed by atoms with Crippen LogP contribution in [0.1, 0.15) is 49.4 Å². The quantitative estimate of drug-likeness (QED) is 0.626. The molecular formula is C24H21N5O3. The van der Waals surface area contributed by atoms with Gasteiger partial charge in [0.15, 0.2) is 11.5 Å². The Hall–Kier alpha value is -4.12. The lowest BCUT2D eigenvalue weighted by Gasteiger charge is -2.37. The average Bonchev–Trinajstić information content (AvgIpc) is 3.22. The van der Waals surface area contributed by atoms with E-state index in [-0.39, 0.29) is 34.1 Å². The molecule has 0 amide bonds. The third-order valence-corrected chi connectivity index (χ3v) is 5.94. The third kappa shape index (κ3) is 3.02. The van der Waals surface area contributed by atoms with Crippen molar-refractivity contribution in [3.05, 3.63) is 64.6 Å². The maximum Gasteiger partial charge on any atom is 0.227 e. The van der Waals surface area contributed by atoms with Crippen LogP contribution in [0.2, 0.25) is 0 Å². The highest BCUT2D eigenvalue weighted by Gasteiger charge is 2.45. The number of nitrogen functional groups attached to an aromatic ring is 2. The Balaban J connectivity index is 1.74. The number of carbonyl (C=O) groups is 1. The molecule has 2 aliphatic rings. The first kappa shape index (κ1) is 19.8.